The molecule has 1 N–H and O–H groups in total. The minimum atomic E-state index is -0.711. The quantitative estimate of drug-likeness (QED) is 0.870. The highest BCUT2D eigenvalue weighted by Crippen LogP contribution is 2.30. The van der Waals surface area contributed by atoms with Crippen LogP contribution in [0.4, 0.5) is 10.1 Å². The third-order valence-electron chi connectivity index (χ3n) is 3.53. The fraction of sp³-hybridized carbons (Fsp3) is 0.294. The van der Waals surface area contributed by atoms with E-state index in [2.05, 4.69) is 15.9 Å². The van der Waals surface area contributed by atoms with Crippen molar-refractivity contribution in [1.82, 2.24) is 0 Å². The van der Waals surface area contributed by atoms with Crippen molar-refractivity contribution in [2.45, 2.75) is 26.5 Å². The van der Waals surface area contributed by atoms with Gasteiger partial charge in [0.05, 0.1) is 6.10 Å². The van der Waals surface area contributed by atoms with Gasteiger partial charge in [-0.05, 0) is 43.2 Å². The maximum atomic E-state index is 13.7. The van der Waals surface area contributed by atoms with Gasteiger partial charge in [0.2, 0.25) is 0 Å². The molecule has 0 aliphatic heterocycles. The zero-order valence-electron chi connectivity index (χ0n) is 12.4. The molecular weight excluding hydrogens is 333 g/mol. The molecule has 4 heteroatoms. The molecule has 0 bridgehead atoms. The van der Waals surface area contributed by atoms with E-state index in [-0.39, 0.29) is 5.82 Å². The number of halogens is 2. The summed E-state index contributed by atoms with van der Waals surface area (Å²) in [6, 6.07) is 11.2. The van der Waals surface area contributed by atoms with Crippen molar-refractivity contribution in [3.05, 3.63) is 63.4 Å². The zero-order chi connectivity index (χ0) is 15.6. The molecule has 0 fully saturated rings. The standard InChI is InChI=1S/C17H19BrFNO/c1-11-8-17(14(12(2)21)9-16(11)19)20(3)10-13-6-4-5-7-15(13)18/h4-9,12,21H,10H2,1-3H3/t12-/m1/s1. The van der Waals surface area contributed by atoms with Crippen LogP contribution in [0.2, 0.25) is 0 Å². The van der Waals surface area contributed by atoms with Crippen LogP contribution in [0.1, 0.15) is 29.7 Å². The normalized spacial score (nSPS) is 12.3. The van der Waals surface area contributed by atoms with Gasteiger partial charge in [-0.3, -0.25) is 0 Å². The van der Waals surface area contributed by atoms with Gasteiger partial charge in [-0.25, -0.2) is 4.39 Å². The van der Waals surface area contributed by atoms with Gasteiger partial charge in [-0.1, -0.05) is 34.1 Å². The van der Waals surface area contributed by atoms with E-state index in [9.17, 15) is 9.50 Å². The smallest absolute Gasteiger partial charge is 0.126 e. The van der Waals surface area contributed by atoms with Gasteiger partial charge in [0.1, 0.15) is 5.82 Å². The Balaban J connectivity index is 2.37. The molecule has 2 nitrogen and oxygen atoms in total. The highest BCUT2D eigenvalue weighted by atomic mass is 79.9. The first-order valence-electron chi connectivity index (χ1n) is 6.82. The molecule has 0 aliphatic carbocycles. The van der Waals surface area contributed by atoms with E-state index in [1.165, 1.54) is 6.07 Å². The molecule has 0 saturated carbocycles. The molecule has 2 aromatic carbocycles. The molecule has 2 rings (SSSR count). The van der Waals surface area contributed by atoms with Gasteiger partial charge in [0, 0.05) is 29.3 Å². The van der Waals surface area contributed by atoms with Crippen LogP contribution in [0.5, 0.6) is 0 Å². The van der Waals surface area contributed by atoms with Crippen molar-refractivity contribution in [3.8, 4) is 0 Å². The summed E-state index contributed by atoms with van der Waals surface area (Å²) in [6.45, 7) is 4.06. The van der Waals surface area contributed by atoms with E-state index in [0.717, 1.165) is 15.7 Å². The van der Waals surface area contributed by atoms with Crippen molar-refractivity contribution in [3.63, 3.8) is 0 Å². The molecule has 0 saturated heterocycles. The average Bonchev–Trinajstić information content (AvgIpc) is 2.43. The fourth-order valence-corrected chi connectivity index (χ4v) is 2.72. The molecule has 0 aliphatic rings. The minimum absolute atomic E-state index is 0.288. The SMILES string of the molecule is Cc1cc(N(C)Cc2ccccc2Br)c([C@@H](C)O)cc1F. The van der Waals surface area contributed by atoms with E-state index in [0.29, 0.717) is 17.7 Å². The summed E-state index contributed by atoms with van der Waals surface area (Å²) in [5.41, 5.74) is 3.17. The molecule has 0 amide bonds. The Bertz CT molecular complexity index is 643. The predicted molar refractivity (Wildman–Crippen MR) is 88.0 cm³/mol. The second kappa shape index (κ2) is 6.58. The van der Waals surface area contributed by atoms with Crippen molar-refractivity contribution in [2.75, 3.05) is 11.9 Å². The van der Waals surface area contributed by atoms with E-state index < -0.39 is 6.10 Å². The van der Waals surface area contributed by atoms with Gasteiger partial charge in [-0.15, -0.1) is 0 Å². The van der Waals surface area contributed by atoms with Crippen molar-refractivity contribution in [1.29, 1.82) is 0 Å². The Morgan fingerprint density at radius 1 is 1.29 bits per heavy atom. The zero-order valence-corrected chi connectivity index (χ0v) is 14.0. The summed E-state index contributed by atoms with van der Waals surface area (Å²) < 4.78 is 14.8. The molecule has 2 aromatic rings. The molecule has 0 aromatic heterocycles. The first kappa shape index (κ1) is 16.0. The van der Waals surface area contributed by atoms with Gasteiger partial charge in [0.25, 0.3) is 0 Å². The monoisotopic (exact) mass is 351 g/mol. The maximum Gasteiger partial charge on any atom is 0.126 e. The number of nitrogens with zero attached hydrogens (tertiary/aromatic N) is 1. The van der Waals surface area contributed by atoms with Crippen LogP contribution in [0.15, 0.2) is 40.9 Å². The number of rotatable bonds is 4. The molecule has 0 unspecified atom stereocenters. The highest BCUT2D eigenvalue weighted by molar-refractivity contribution is 9.10. The van der Waals surface area contributed by atoms with Gasteiger partial charge >= 0.3 is 0 Å². The molecule has 0 radical (unpaired) electrons. The van der Waals surface area contributed by atoms with E-state index in [4.69, 9.17) is 0 Å². The number of anilines is 1. The lowest BCUT2D eigenvalue weighted by atomic mass is 10.0. The molecular formula is C17H19BrFNO. The first-order valence-corrected chi connectivity index (χ1v) is 7.62. The van der Waals surface area contributed by atoms with Gasteiger partial charge in [0.15, 0.2) is 0 Å². The number of aliphatic hydroxyl groups excluding tert-OH is 1. The van der Waals surface area contributed by atoms with Crippen LogP contribution in [0.3, 0.4) is 0 Å². The Morgan fingerprint density at radius 3 is 2.57 bits per heavy atom. The summed E-state index contributed by atoms with van der Waals surface area (Å²) in [7, 11) is 1.94. The van der Waals surface area contributed by atoms with Crippen LogP contribution in [-0.4, -0.2) is 12.2 Å². The number of aryl methyl sites for hydroxylation is 1. The van der Waals surface area contributed by atoms with E-state index in [1.54, 1.807) is 19.9 Å². The number of aliphatic hydroxyl groups is 1. The van der Waals surface area contributed by atoms with Crippen molar-refractivity contribution in [2.24, 2.45) is 0 Å². The number of hydrogen-bond donors (Lipinski definition) is 1. The van der Waals surface area contributed by atoms with Crippen molar-refractivity contribution < 1.29 is 9.50 Å². The summed E-state index contributed by atoms with van der Waals surface area (Å²) in [6.07, 6.45) is -0.711. The van der Waals surface area contributed by atoms with Crippen LogP contribution in [-0.2, 0) is 6.54 Å². The Morgan fingerprint density at radius 2 is 1.95 bits per heavy atom. The molecule has 21 heavy (non-hydrogen) atoms. The van der Waals surface area contributed by atoms with Crippen LogP contribution >= 0.6 is 15.9 Å². The number of benzene rings is 2. The van der Waals surface area contributed by atoms with Gasteiger partial charge in [-0.2, -0.15) is 0 Å². The first-order chi connectivity index (χ1) is 9.90. The summed E-state index contributed by atoms with van der Waals surface area (Å²) in [5.74, 6) is -0.288. The lowest BCUT2D eigenvalue weighted by molar-refractivity contribution is 0.199. The lowest BCUT2D eigenvalue weighted by Gasteiger charge is -2.25. The molecule has 0 spiro atoms. The molecule has 112 valence electrons. The highest BCUT2D eigenvalue weighted by Gasteiger charge is 2.15. The topological polar surface area (TPSA) is 23.5 Å². The predicted octanol–water partition coefficient (Wildman–Crippen LogP) is 4.59. The van der Waals surface area contributed by atoms with Crippen LogP contribution in [0.25, 0.3) is 0 Å². The number of hydrogen-bond acceptors (Lipinski definition) is 2. The maximum absolute atomic E-state index is 13.7. The summed E-state index contributed by atoms with van der Waals surface area (Å²) in [4.78, 5) is 2.02. The van der Waals surface area contributed by atoms with Crippen LogP contribution in [0, 0.1) is 12.7 Å². The van der Waals surface area contributed by atoms with E-state index >= 15 is 0 Å². The third kappa shape index (κ3) is 3.63. The van der Waals surface area contributed by atoms with Crippen molar-refractivity contribution >= 4 is 21.6 Å². The lowest BCUT2D eigenvalue weighted by Crippen LogP contribution is -2.19. The van der Waals surface area contributed by atoms with Gasteiger partial charge < -0.3 is 10.0 Å². The molecule has 0 heterocycles. The van der Waals surface area contributed by atoms with E-state index in [1.807, 2.05) is 36.2 Å². The Labute approximate surface area is 133 Å². The largest absolute Gasteiger partial charge is 0.389 e. The fourth-order valence-electron chi connectivity index (χ4n) is 2.31. The second-order valence-electron chi connectivity index (χ2n) is 5.28. The summed E-state index contributed by atoms with van der Waals surface area (Å²) in [5, 5.41) is 9.89. The summed E-state index contributed by atoms with van der Waals surface area (Å²) >= 11 is 3.53. The Kier molecular flexibility index (Phi) is 5.01. The Hall–Kier alpha value is -1.39. The van der Waals surface area contributed by atoms with Crippen LogP contribution < -0.4 is 4.90 Å². The molecule has 1 atom stereocenters. The average molecular weight is 352 g/mol. The minimum Gasteiger partial charge on any atom is -0.389 e. The third-order valence-corrected chi connectivity index (χ3v) is 4.31. The second-order valence-corrected chi connectivity index (χ2v) is 6.14.